The summed E-state index contributed by atoms with van der Waals surface area (Å²) < 4.78 is 6.02. The van der Waals surface area contributed by atoms with Gasteiger partial charge in [0.1, 0.15) is 5.75 Å². The van der Waals surface area contributed by atoms with Crippen molar-refractivity contribution in [2.24, 2.45) is 0 Å². The van der Waals surface area contributed by atoms with Gasteiger partial charge in [0.2, 0.25) is 8.32 Å². The molecule has 0 saturated heterocycles. The van der Waals surface area contributed by atoms with E-state index < -0.39 is 8.32 Å². The lowest BCUT2D eigenvalue weighted by Gasteiger charge is -2.21. The molecule has 76 valence electrons. The van der Waals surface area contributed by atoms with Gasteiger partial charge in [-0.15, -0.1) is 0 Å². The van der Waals surface area contributed by atoms with Crippen molar-refractivity contribution in [1.82, 2.24) is 0 Å². The zero-order valence-corrected chi connectivity index (χ0v) is 10.1. The lowest BCUT2D eigenvalue weighted by molar-refractivity contribution is 0.560. The van der Waals surface area contributed by atoms with E-state index in [0.29, 0.717) is 0 Å². The van der Waals surface area contributed by atoms with Crippen molar-refractivity contribution in [3.8, 4) is 5.75 Å². The van der Waals surface area contributed by atoms with E-state index in [1.54, 1.807) is 0 Å². The van der Waals surface area contributed by atoms with Gasteiger partial charge in [-0.05, 0) is 37.7 Å². The first kappa shape index (κ1) is 9.59. The Labute approximate surface area is 86.4 Å². The van der Waals surface area contributed by atoms with E-state index in [4.69, 9.17) is 4.43 Å². The summed E-state index contributed by atoms with van der Waals surface area (Å²) in [7, 11) is -1.48. The summed E-state index contributed by atoms with van der Waals surface area (Å²) in [6.45, 7) is 7.67. The Bertz CT molecular complexity index is 344. The number of benzene rings is 1. The number of rotatable bonds is 2. The number of anilines is 1. The minimum Gasteiger partial charge on any atom is -0.543 e. The summed E-state index contributed by atoms with van der Waals surface area (Å²) in [5.41, 5.74) is 2.61. The highest BCUT2D eigenvalue weighted by atomic mass is 28.4. The Morgan fingerprint density at radius 3 is 2.79 bits per heavy atom. The Morgan fingerprint density at radius 1 is 1.29 bits per heavy atom. The molecule has 3 heteroatoms. The Morgan fingerprint density at radius 2 is 2.07 bits per heavy atom. The minimum atomic E-state index is -1.48. The predicted octanol–water partition coefficient (Wildman–Crippen LogP) is 2.87. The molecule has 2 rings (SSSR count). The number of hydrogen-bond acceptors (Lipinski definition) is 2. The summed E-state index contributed by atoms with van der Waals surface area (Å²) in [4.78, 5) is 0. The maximum Gasteiger partial charge on any atom is 0.242 e. The second-order valence-corrected chi connectivity index (χ2v) is 9.11. The zero-order valence-electron chi connectivity index (χ0n) is 9.05. The number of fused-ring (bicyclic) bond motifs is 1. The molecule has 1 aromatic rings. The van der Waals surface area contributed by atoms with Gasteiger partial charge in [0, 0.05) is 6.54 Å². The highest BCUT2D eigenvalue weighted by Gasteiger charge is 2.21. The van der Waals surface area contributed by atoms with Gasteiger partial charge in [-0.1, -0.05) is 12.1 Å². The van der Waals surface area contributed by atoms with E-state index in [9.17, 15) is 0 Å². The third-order valence-electron chi connectivity index (χ3n) is 2.22. The second-order valence-electron chi connectivity index (χ2n) is 4.68. The number of para-hydroxylation sites is 1. The van der Waals surface area contributed by atoms with Crippen LogP contribution in [0.25, 0.3) is 0 Å². The maximum atomic E-state index is 6.02. The SMILES string of the molecule is C[Si](C)(C)Oc1cccc2c1NCC2. The molecule has 0 amide bonds. The van der Waals surface area contributed by atoms with E-state index in [1.165, 1.54) is 11.3 Å². The molecule has 0 fully saturated rings. The van der Waals surface area contributed by atoms with Crippen molar-refractivity contribution in [3.63, 3.8) is 0 Å². The number of nitrogens with one attached hydrogen (secondary N) is 1. The monoisotopic (exact) mass is 207 g/mol. The van der Waals surface area contributed by atoms with Crippen LogP contribution in [-0.4, -0.2) is 14.9 Å². The molecule has 0 bridgehead atoms. The van der Waals surface area contributed by atoms with Crippen LogP contribution >= 0.6 is 0 Å². The highest BCUT2D eigenvalue weighted by molar-refractivity contribution is 6.70. The van der Waals surface area contributed by atoms with E-state index in [0.717, 1.165) is 18.7 Å². The normalized spacial score (nSPS) is 14.8. The van der Waals surface area contributed by atoms with Crippen molar-refractivity contribution >= 4 is 14.0 Å². The molecule has 2 nitrogen and oxygen atoms in total. The molecule has 0 aliphatic carbocycles. The van der Waals surface area contributed by atoms with Crippen LogP contribution < -0.4 is 9.74 Å². The highest BCUT2D eigenvalue weighted by Crippen LogP contribution is 2.33. The van der Waals surface area contributed by atoms with E-state index >= 15 is 0 Å². The molecule has 1 aliphatic heterocycles. The van der Waals surface area contributed by atoms with Gasteiger partial charge in [-0.2, -0.15) is 0 Å². The molecule has 0 aromatic heterocycles. The molecule has 1 N–H and O–H groups in total. The van der Waals surface area contributed by atoms with Crippen LogP contribution in [0.3, 0.4) is 0 Å². The lowest BCUT2D eigenvalue weighted by atomic mass is 10.1. The first-order valence-electron chi connectivity index (χ1n) is 5.11. The van der Waals surface area contributed by atoms with Crippen LogP contribution in [0.2, 0.25) is 19.6 Å². The van der Waals surface area contributed by atoms with Crippen molar-refractivity contribution in [2.45, 2.75) is 26.1 Å². The largest absolute Gasteiger partial charge is 0.543 e. The molecule has 0 saturated carbocycles. The first-order chi connectivity index (χ1) is 6.56. The molecule has 0 unspecified atom stereocenters. The summed E-state index contributed by atoms with van der Waals surface area (Å²) in [5.74, 6) is 1.04. The average molecular weight is 207 g/mol. The summed E-state index contributed by atoms with van der Waals surface area (Å²) in [5, 5.41) is 3.39. The first-order valence-corrected chi connectivity index (χ1v) is 8.52. The molecule has 14 heavy (non-hydrogen) atoms. The van der Waals surface area contributed by atoms with Gasteiger partial charge < -0.3 is 9.74 Å². The van der Waals surface area contributed by atoms with E-state index in [1.807, 2.05) is 0 Å². The van der Waals surface area contributed by atoms with Crippen molar-refractivity contribution in [2.75, 3.05) is 11.9 Å². The molecule has 0 spiro atoms. The van der Waals surface area contributed by atoms with Crippen molar-refractivity contribution < 1.29 is 4.43 Å². The Kier molecular flexibility index (Phi) is 2.27. The van der Waals surface area contributed by atoms with Crippen LogP contribution in [0.15, 0.2) is 18.2 Å². The maximum absolute atomic E-state index is 6.02. The quantitative estimate of drug-likeness (QED) is 0.753. The lowest BCUT2D eigenvalue weighted by Crippen LogP contribution is -2.29. The summed E-state index contributed by atoms with van der Waals surface area (Å²) >= 11 is 0. The van der Waals surface area contributed by atoms with Crippen LogP contribution in [0.4, 0.5) is 5.69 Å². The minimum absolute atomic E-state index is 1.04. The smallest absolute Gasteiger partial charge is 0.242 e. The van der Waals surface area contributed by atoms with Crippen LogP contribution in [-0.2, 0) is 6.42 Å². The van der Waals surface area contributed by atoms with Gasteiger partial charge >= 0.3 is 0 Å². The fraction of sp³-hybridized carbons (Fsp3) is 0.455. The Balaban J connectivity index is 2.31. The third kappa shape index (κ3) is 1.92. The van der Waals surface area contributed by atoms with E-state index in [-0.39, 0.29) is 0 Å². The molecular weight excluding hydrogens is 190 g/mol. The molecule has 1 aliphatic rings. The summed E-state index contributed by atoms with van der Waals surface area (Å²) in [6.07, 6.45) is 1.12. The standard InChI is InChI=1S/C11H17NOSi/c1-14(2,3)13-10-6-4-5-9-7-8-12-11(9)10/h4-6,12H,7-8H2,1-3H3. The van der Waals surface area contributed by atoms with Gasteiger partial charge in [-0.3, -0.25) is 0 Å². The topological polar surface area (TPSA) is 21.3 Å². The molecule has 1 heterocycles. The van der Waals surface area contributed by atoms with Gasteiger partial charge in [0.15, 0.2) is 0 Å². The van der Waals surface area contributed by atoms with Crippen molar-refractivity contribution in [1.29, 1.82) is 0 Å². The second kappa shape index (κ2) is 3.31. The fourth-order valence-electron chi connectivity index (χ4n) is 1.72. The van der Waals surface area contributed by atoms with Crippen LogP contribution in [0.1, 0.15) is 5.56 Å². The number of hydrogen-bond donors (Lipinski definition) is 1. The van der Waals surface area contributed by atoms with Gasteiger partial charge in [0.25, 0.3) is 0 Å². The fourth-order valence-corrected chi connectivity index (χ4v) is 2.55. The Hall–Kier alpha value is -0.963. The molecule has 0 radical (unpaired) electrons. The zero-order chi connectivity index (χ0) is 10.2. The summed E-state index contributed by atoms with van der Waals surface area (Å²) in [6, 6.07) is 6.32. The molecular formula is C11H17NOSi. The molecule has 1 aromatic carbocycles. The van der Waals surface area contributed by atoms with Crippen LogP contribution in [0, 0.1) is 0 Å². The van der Waals surface area contributed by atoms with Crippen molar-refractivity contribution in [3.05, 3.63) is 23.8 Å². The molecule has 0 atom stereocenters. The van der Waals surface area contributed by atoms with E-state index in [2.05, 4.69) is 43.2 Å². The predicted molar refractivity (Wildman–Crippen MR) is 62.6 cm³/mol. The van der Waals surface area contributed by atoms with Crippen LogP contribution in [0.5, 0.6) is 5.75 Å². The van der Waals surface area contributed by atoms with Gasteiger partial charge in [-0.25, -0.2) is 0 Å². The van der Waals surface area contributed by atoms with Gasteiger partial charge in [0.05, 0.1) is 5.69 Å². The third-order valence-corrected chi connectivity index (χ3v) is 3.06. The average Bonchev–Trinajstić information content (AvgIpc) is 2.49.